The molecule has 18 heavy (non-hydrogen) atoms. The molecular weight excluding hydrogens is 226 g/mol. The van der Waals surface area contributed by atoms with Crippen molar-refractivity contribution in [1.82, 2.24) is 4.98 Å². The predicted octanol–water partition coefficient (Wildman–Crippen LogP) is 2.69. The van der Waals surface area contributed by atoms with Gasteiger partial charge in [0.25, 0.3) is 0 Å². The number of rotatable bonds is 6. The molecule has 1 aliphatic rings. The Kier molecular flexibility index (Phi) is 3.94. The van der Waals surface area contributed by atoms with Crippen LogP contribution in [0.4, 0.5) is 11.5 Å². The first kappa shape index (κ1) is 13.0. The van der Waals surface area contributed by atoms with Crippen LogP contribution in [0.3, 0.4) is 0 Å². The van der Waals surface area contributed by atoms with Crippen molar-refractivity contribution in [2.45, 2.75) is 39.2 Å². The summed E-state index contributed by atoms with van der Waals surface area (Å²) >= 11 is 0. The maximum atomic E-state index is 5.81. The van der Waals surface area contributed by atoms with Crippen LogP contribution in [-0.2, 0) is 0 Å². The number of hydrogen-bond donors (Lipinski definition) is 1. The Morgan fingerprint density at radius 3 is 2.72 bits per heavy atom. The number of aromatic nitrogens is 1. The summed E-state index contributed by atoms with van der Waals surface area (Å²) in [6.07, 6.45) is 3.73. The lowest BCUT2D eigenvalue weighted by atomic mass is 10.1. The number of nitrogens with zero attached hydrogens (tertiary/aromatic N) is 2. The molecule has 1 fully saturated rings. The quantitative estimate of drug-likeness (QED) is 0.842. The summed E-state index contributed by atoms with van der Waals surface area (Å²) < 4.78 is 5.20. The first-order chi connectivity index (χ1) is 8.61. The number of methoxy groups -OCH3 is 1. The van der Waals surface area contributed by atoms with Crippen LogP contribution in [0.5, 0.6) is 5.88 Å². The van der Waals surface area contributed by atoms with Crippen molar-refractivity contribution in [3.63, 3.8) is 0 Å². The van der Waals surface area contributed by atoms with Crippen LogP contribution in [0, 0.1) is 5.92 Å². The van der Waals surface area contributed by atoms with E-state index in [0.29, 0.717) is 23.5 Å². The highest BCUT2D eigenvalue weighted by molar-refractivity contribution is 5.55. The second kappa shape index (κ2) is 5.46. The molecule has 1 aliphatic carbocycles. The van der Waals surface area contributed by atoms with Gasteiger partial charge in [0.15, 0.2) is 0 Å². The van der Waals surface area contributed by atoms with Crippen LogP contribution >= 0.6 is 0 Å². The highest BCUT2D eigenvalue weighted by Crippen LogP contribution is 2.33. The smallest absolute Gasteiger partial charge is 0.238 e. The van der Waals surface area contributed by atoms with E-state index >= 15 is 0 Å². The fraction of sp³-hybridized carbons (Fsp3) is 0.643. The summed E-state index contributed by atoms with van der Waals surface area (Å²) in [4.78, 5) is 6.90. The molecule has 0 bridgehead atoms. The normalized spacial score (nSPS) is 14.9. The zero-order valence-electron chi connectivity index (χ0n) is 11.5. The minimum absolute atomic E-state index is 0.530. The number of ether oxygens (including phenoxy) is 1. The molecule has 0 aromatic carbocycles. The number of nitrogens with two attached hydrogens (primary N) is 1. The van der Waals surface area contributed by atoms with Gasteiger partial charge in [-0.1, -0.05) is 13.8 Å². The largest absolute Gasteiger partial charge is 0.479 e. The molecule has 0 radical (unpaired) electrons. The second-order valence-corrected chi connectivity index (χ2v) is 5.38. The second-order valence-electron chi connectivity index (χ2n) is 5.38. The average Bonchev–Trinajstić information content (AvgIpc) is 3.15. The summed E-state index contributed by atoms with van der Waals surface area (Å²) in [7, 11) is 1.61. The molecule has 0 unspecified atom stereocenters. The zero-order chi connectivity index (χ0) is 13.1. The molecule has 0 amide bonds. The number of pyridine rings is 1. The summed E-state index contributed by atoms with van der Waals surface area (Å²) in [5.41, 5.74) is 6.41. The van der Waals surface area contributed by atoms with Gasteiger partial charge in [-0.25, -0.2) is 0 Å². The molecule has 1 aromatic heterocycles. The van der Waals surface area contributed by atoms with Gasteiger partial charge in [0.2, 0.25) is 5.88 Å². The Balaban J connectivity index is 2.14. The fourth-order valence-electron chi connectivity index (χ4n) is 2.03. The van der Waals surface area contributed by atoms with Crippen LogP contribution in [0.2, 0.25) is 0 Å². The van der Waals surface area contributed by atoms with Gasteiger partial charge in [-0.2, -0.15) is 4.98 Å². The van der Waals surface area contributed by atoms with Gasteiger partial charge >= 0.3 is 0 Å². The van der Waals surface area contributed by atoms with E-state index in [9.17, 15) is 0 Å². The van der Waals surface area contributed by atoms with E-state index in [4.69, 9.17) is 10.5 Å². The molecular formula is C14H23N3O. The van der Waals surface area contributed by atoms with Gasteiger partial charge in [0.05, 0.1) is 12.8 Å². The SMILES string of the molecule is COc1nc(N(CCC(C)C)C2CC2)ccc1N. The van der Waals surface area contributed by atoms with E-state index in [-0.39, 0.29) is 0 Å². The first-order valence-electron chi connectivity index (χ1n) is 6.69. The molecule has 0 aliphatic heterocycles. The fourth-order valence-corrected chi connectivity index (χ4v) is 2.03. The van der Waals surface area contributed by atoms with E-state index in [1.807, 2.05) is 12.1 Å². The lowest BCUT2D eigenvalue weighted by Gasteiger charge is -2.25. The van der Waals surface area contributed by atoms with Crippen LogP contribution in [0.1, 0.15) is 33.1 Å². The van der Waals surface area contributed by atoms with Gasteiger partial charge in [-0.05, 0) is 37.3 Å². The molecule has 1 heterocycles. The van der Waals surface area contributed by atoms with Gasteiger partial charge in [0, 0.05) is 12.6 Å². The molecule has 2 rings (SSSR count). The molecule has 0 spiro atoms. The Hall–Kier alpha value is -1.45. The molecule has 2 N–H and O–H groups in total. The maximum absolute atomic E-state index is 5.81. The molecule has 1 saturated carbocycles. The van der Waals surface area contributed by atoms with Crippen molar-refractivity contribution >= 4 is 11.5 Å². The minimum atomic E-state index is 0.530. The Morgan fingerprint density at radius 2 is 2.17 bits per heavy atom. The van der Waals surface area contributed by atoms with E-state index in [1.54, 1.807) is 7.11 Å². The van der Waals surface area contributed by atoms with E-state index in [2.05, 4.69) is 23.7 Å². The van der Waals surface area contributed by atoms with Crippen molar-refractivity contribution < 1.29 is 4.74 Å². The number of anilines is 2. The summed E-state index contributed by atoms with van der Waals surface area (Å²) in [6, 6.07) is 4.53. The van der Waals surface area contributed by atoms with Crippen molar-refractivity contribution in [2.75, 3.05) is 24.3 Å². The van der Waals surface area contributed by atoms with Gasteiger partial charge < -0.3 is 15.4 Å². The Morgan fingerprint density at radius 1 is 1.44 bits per heavy atom. The standard InChI is InChI=1S/C14H23N3O/c1-10(2)8-9-17(11-4-5-11)13-7-6-12(15)14(16-13)18-3/h6-7,10-11H,4-5,8-9,15H2,1-3H3. The highest BCUT2D eigenvalue weighted by atomic mass is 16.5. The van der Waals surface area contributed by atoms with Gasteiger partial charge in [-0.15, -0.1) is 0 Å². The van der Waals surface area contributed by atoms with Crippen LogP contribution in [0.25, 0.3) is 0 Å². The number of hydrogen-bond acceptors (Lipinski definition) is 4. The third-order valence-electron chi connectivity index (χ3n) is 3.30. The third kappa shape index (κ3) is 3.06. The summed E-state index contributed by atoms with van der Waals surface area (Å²) in [6.45, 7) is 5.56. The van der Waals surface area contributed by atoms with Crippen molar-refractivity contribution in [2.24, 2.45) is 5.92 Å². The number of nitrogen functional groups attached to an aromatic ring is 1. The minimum Gasteiger partial charge on any atom is -0.479 e. The molecule has 0 atom stereocenters. The third-order valence-corrected chi connectivity index (χ3v) is 3.30. The Labute approximate surface area is 109 Å². The van der Waals surface area contributed by atoms with Crippen molar-refractivity contribution in [1.29, 1.82) is 0 Å². The van der Waals surface area contributed by atoms with Gasteiger partial charge in [0.1, 0.15) is 5.82 Å². The van der Waals surface area contributed by atoms with Gasteiger partial charge in [-0.3, -0.25) is 0 Å². The highest BCUT2D eigenvalue weighted by Gasteiger charge is 2.30. The summed E-state index contributed by atoms with van der Waals surface area (Å²) in [5, 5.41) is 0. The van der Waals surface area contributed by atoms with Crippen LogP contribution in [0.15, 0.2) is 12.1 Å². The topological polar surface area (TPSA) is 51.4 Å². The average molecular weight is 249 g/mol. The molecule has 0 saturated heterocycles. The van der Waals surface area contributed by atoms with Crippen LogP contribution < -0.4 is 15.4 Å². The molecule has 4 heteroatoms. The zero-order valence-corrected chi connectivity index (χ0v) is 11.5. The summed E-state index contributed by atoms with van der Waals surface area (Å²) in [5.74, 6) is 2.23. The molecule has 100 valence electrons. The Bertz CT molecular complexity index is 402. The lowest BCUT2D eigenvalue weighted by Crippen LogP contribution is -2.28. The first-order valence-corrected chi connectivity index (χ1v) is 6.69. The van der Waals surface area contributed by atoms with E-state index < -0.39 is 0 Å². The van der Waals surface area contributed by atoms with E-state index in [0.717, 1.165) is 12.4 Å². The van der Waals surface area contributed by atoms with Crippen LogP contribution in [-0.4, -0.2) is 24.7 Å². The molecule has 1 aromatic rings. The maximum Gasteiger partial charge on any atom is 0.238 e. The lowest BCUT2D eigenvalue weighted by molar-refractivity contribution is 0.400. The predicted molar refractivity (Wildman–Crippen MR) is 75.0 cm³/mol. The van der Waals surface area contributed by atoms with Crippen molar-refractivity contribution in [3.8, 4) is 5.88 Å². The monoisotopic (exact) mass is 249 g/mol. The van der Waals surface area contributed by atoms with E-state index in [1.165, 1.54) is 19.3 Å². The van der Waals surface area contributed by atoms with Crippen molar-refractivity contribution in [3.05, 3.63) is 12.1 Å². The molecule has 4 nitrogen and oxygen atoms in total.